The van der Waals surface area contributed by atoms with Crippen LogP contribution in [-0.4, -0.2) is 26.7 Å². The molecule has 0 aliphatic heterocycles. The molecule has 0 spiro atoms. The molecule has 35 heavy (non-hydrogen) atoms. The summed E-state index contributed by atoms with van der Waals surface area (Å²) >= 11 is 0. The van der Waals surface area contributed by atoms with Crippen LogP contribution in [0.5, 0.6) is 11.8 Å². The van der Waals surface area contributed by atoms with E-state index in [1.165, 1.54) is 33.0 Å². The molecule has 172 valence electrons. The predicted octanol–water partition coefficient (Wildman–Crippen LogP) is 6.77. The van der Waals surface area contributed by atoms with Crippen LogP contribution in [0.25, 0.3) is 44.7 Å². The van der Waals surface area contributed by atoms with Gasteiger partial charge >= 0.3 is 6.01 Å². The Balaban J connectivity index is 1.54. The molecule has 1 heterocycles. The normalized spacial score (nSPS) is 13.5. The highest BCUT2D eigenvalue weighted by molar-refractivity contribution is 5.94. The van der Waals surface area contributed by atoms with Gasteiger partial charge in [-0.25, -0.2) is 4.98 Å². The summed E-state index contributed by atoms with van der Waals surface area (Å²) < 4.78 is 5.66. The lowest BCUT2D eigenvalue weighted by molar-refractivity contribution is 0.312. The Morgan fingerprint density at radius 2 is 1.40 bits per heavy atom. The average molecular weight is 460 g/mol. The number of fused-ring (bicyclic) bond motifs is 4. The molecular formula is C30H25N3O2. The molecule has 5 heteroatoms. The number of aromatic nitrogens is 3. The van der Waals surface area contributed by atoms with E-state index in [1.807, 2.05) is 13.0 Å². The van der Waals surface area contributed by atoms with E-state index in [9.17, 15) is 5.11 Å². The number of hydrogen-bond acceptors (Lipinski definition) is 5. The third kappa shape index (κ3) is 3.43. The summed E-state index contributed by atoms with van der Waals surface area (Å²) in [5.41, 5.74) is 6.35. The van der Waals surface area contributed by atoms with Crippen molar-refractivity contribution >= 4 is 10.8 Å². The second-order valence-corrected chi connectivity index (χ2v) is 9.35. The lowest BCUT2D eigenvalue weighted by Crippen LogP contribution is -2.14. The summed E-state index contributed by atoms with van der Waals surface area (Å²) in [6.45, 7) is 6.88. The molecule has 0 atom stereocenters. The topological polar surface area (TPSA) is 68.1 Å². The van der Waals surface area contributed by atoms with Crippen molar-refractivity contribution in [2.75, 3.05) is 6.61 Å². The van der Waals surface area contributed by atoms with E-state index >= 15 is 0 Å². The SMILES string of the molecule is CCOc1nc(-c2ccc3c(c2)-c2cc4ccccc4cc2C3(C)C)nc(-c2ccccc2O)n1. The average Bonchev–Trinajstić information content (AvgIpc) is 3.08. The fourth-order valence-electron chi connectivity index (χ4n) is 5.04. The minimum atomic E-state index is -0.107. The molecule has 1 aliphatic rings. The van der Waals surface area contributed by atoms with E-state index in [1.54, 1.807) is 18.2 Å². The Bertz CT molecular complexity index is 1610. The van der Waals surface area contributed by atoms with Crippen molar-refractivity contribution < 1.29 is 9.84 Å². The van der Waals surface area contributed by atoms with Crippen molar-refractivity contribution in [1.82, 2.24) is 15.0 Å². The summed E-state index contributed by atoms with van der Waals surface area (Å²) in [7, 11) is 0. The van der Waals surface area contributed by atoms with Gasteiger partial charge in [0.05, 0.1) is 12.2 Å². The maximum Gasteiger partial charge on any atom is 0.320 e. The van der Waals surface area contributed by atoms with Gasteiger partial charge in [0.2, 0.25) is 0 Å². The van der Waals surface area contributed by atoms with Gasteiger partial charge < -0.3 is 9.84 Å². The van der Waals surface area contributed by atoms with E-state index in [4.69, 9.17) is 9.72 Å². The van der Waals surface area contributed by atoms with E-state index in [2.05, 4.69) is 78.4 Å². The van der Waals surface area contributed by atoms with Crippen molar-refractivity contribution in [3.63, 3.8) is 0 Å². The molecular weight excluding hydrogens is 434 g/mol. The van der Waals surface area contributed by atoms with Gasteiger partial charge in [0.15, 0.2) is 11.6 Å². The van der Waals surface area contributed by atoms with Crippen molar-refractivity contribution in [3.05, 3.63) is 90.0 Å². The number of aromatic hydroxyl groups is 1. The molecule has 0 radical (unpaired) electrons. The highest BCUT2D eigenvalue weighted by Gasteiger charge is 2.36. The number of para-hydroxylation sites is 1. The quantitative estimate of drug-likeness (QED) is 0.321. The molecule has 1 aliphatic carbocycles. The summed E-state index contributed by atoms with van der Waals surface area (Å²) in [6.07, 6.45) is 0. The fourth-order valence-corrected chi connectivity index (χ4v) is 5.04. The molecule has 5 aromatic rings. The van der Waals surface area contributed by atoms with Gasteiger partial charge in [0, 0.05) is 11.0 Å². The van der Waals surface area contributed by atoms with E-state index in [0.29, 0.717) is 23.8 Å². The highest BCUT2D eigenvalue weighted by atomic mass is 16.5. The molecule has 1 N–H and O–H groups in total. The van der Waals surface area contributed by atoms with Crippen molar-refractivity contribution in [2.45, 2.75) is 26.2 Å². The van der Waals surface area contributed by atoms with E-state index in [-0.39, 0.29) is 17.2 Å². The van der Waals surface area contributed by atoms with Crippen LogP contribution in [0.3, 0.4) is 0 Å². The predicted molar refractivity (Wildman–Crippen MR) is 139 cm³/mol. The van der Waals surface area contributed by atoms with Gasteiger partial charge in [-0.3, -0.25) is 0 Å². The van der Waals surface area contributed by atoms with Gasteiger partial charge in [-0.1, -0.05) is 62.4 Å². The minimum Gasteiger partial charge on any atom is -0.507 e. The standard InChI is InChI=1S/C30H25N3O2/c1-4-35-29-32-27(31-28(33-29)21-11-7-8-12-26(21)34)20-13-14-24-22(16-20)23-15-18-9-5-6-10-19(18)17-25(23)30(24,2)3/h5-17,34H,4H2,1-3H3. The van der Waals surface area contributed by atoms with Crippen molar-refractivity contribution in [1.29, 1.82) is 0 Å². The van der Waals surface area contributed by atoms with Crippen LogP contribution in [0.4, 0.5) is 0 Å². The van der Waals surface area contributed by atoms with Gasteiger partial charge in [0.1, 0.15) is 5.75 Å². The minimum absolute atomic E-state index is 0.107. The van der Waals surface area contributed by atoms with Gasteiger partial charge in [-0.05, 0) is 70.3 Å². The molecule has 4 aromatic carbocycles. The summed E-state index contributed by atoms with van der Waals surface area (Å²) in [5.74, 6) is 1.00. The van der Waals surface area contributed by atoms with E-state index < -0.39 is 0 Å². The Hall–Kier alpha value is -4.25. The molecule has 0 amide bonds. The zero-order valence-electron chi connectivity index (χ0n) is 19.9. The Kier molecular flexibility index (Phi) is 4.81. The van der Waals surface area contributed by atoms with Crippen LogP contribution in [0, 0.1) is 0 Å². The van der Waals surface area contributed by atoms with Crippen LogP contribution >= 0.6 is 0 Å². The maximum absolute atomic E-state index is 10.4. The maximum atomic E-state index is 10.4. The monoisotopic (exact) mass is 459 g/mol. The van der Waals surface area contributed by atoms with Crippen LogP contribution in [-0.2, 0) is 5.41 Å². The molecule has 0 bridgehead atoms. The first-order valence-electron chi connectivity index (χ1n) is 11.8. The van der Waals surface area contributed by atoms with Crippen LogP contribution in [0.2, 0.25) is 0 Å². The van der Waals surface area contributed by atoms with E-state index in [0.717, 1.165) is 5.56 Å². The lowest BCUT2D eigenvalue weighted by atomic mass is 9.82. The lowest BCUT2D eigenvalue weighted by Gasteiger charge is -2.21. The number of benzene rings is 4. The van der Waals surface area contributed by atoms with Gasteiger partial charge in [-0.15, -0.1) is 0 Å². The molecule has 0 unspecified atom stereocenters. The molecule has 0 saturated carbocycles. The first kappa shape index (κ1) is 21.3. The number of rotatable bonds is 4. The molecule has 5 nitrogen and oxygen atoms in total. The number of phenols is 1. The fraction of sp³-hybridized carbons (Fsp3) is 0.167. The van der Waals surface area contributed by atoms with Crippen LogP contribution in [0.15, 0.2) is 78.9 Å². The molecule has 1 aromatic heterocycles. The number of hydrogen-bond donors (Lipinski definition) is 1. The first-order valence-corrected chi connectivity index (χ1v) is 11.8. The third-order valence-electron chi connectivity index (χ3n) is 6.83. The zero-order valence-corrected chi connectivity index (χ0v) is 19.9. The first-order chi connectivity index (χ1) is 17.0. The van der Waals surface area contributed by atoms with Crippen LogP contribution < -0.4 is 4.74 Å². The van der Waals surface area contributed by atoms with Gasteiger partial charge in [-0.2, -0.15) is 9.97 Å². The highest BCUT2D eigenvalue weighted by Crippen LogP contribution is 2.50. The van der Waals surface area contributed by atoms with Crippen molar-refractivity contribution in [3.8, 4) is 45.7 Å². The molecule has 0 saturated heterocycles. The number of nitrogens with zero attached hydrogens (tertiary/aromatic N) is 3. The second-order valence-electron chi connectivity index (χ2n) is 9.35. The Morgan fingerprint density at radius 1 is 0.714 bits per heavy atom. The number of ether oxygens (including phenoxy) is 1. The number of phenolic OH excluding ortho intramolecular Hbond substituents is 1. The Labute approximate surface area is 204 Å². The second kappa shape index (κ2) is 7.91. The Morgan fingerprint density at radius 3 is 2.17 bits per heavy atom. The van der Waals surface area contributed by atoms with Crippen LogP contribution in [0.1, 0.15) is 31.9 Å². The summed E-state index contributed by atoms with van der Waals surface area (Å²) in [4.78, 5) is 13.8. The molecule has 6 rings (SSSR count). The third-order valence-corrected chi connectivity index (χ3v) is 6.83. The zero-order chi connectivity index (χ0) is 24.2. The summed E-state index contributed by atoms with van der Waals surface area (Å²) in [5, 5.41) is 12.9. The van der Waals surface area contributed by atoms with Gasteiger partial charge in [0.25, 0.3) is 0 Å². The smallest absolute Gasteiger partial charge is 0.320 e. The van der Waals surface area contributed by atoms with Crippen molar-refractivity contribution in [2.24, 2.45) is 0 Å². The molecule has 0 fully saturated rings. The summed E-state index contributed by atoms with van der Waals surface area (Å²) in [6, 6.07) is 26.8. The largest absolute Gasteiger partial charge is 0.507 e.